The molecule has 6 nitrogen and oxygen atoms in total. The van der Waals surface area contributed by atoms with E-state index >= 15 is 0 Å². The Kier molecular flexibility index (Phi) is 6.47. The fourth-order valence-electron chi connectivity index (χ4n) is 3.03. The molecule has 0 saturated carbocycles. The summed E-state index contributed by atoms with van der Waals surface area (Å²) in [6, 6.07) is 6.87. The number of carbonyl (C=O) groups is 1. The lowest BCUT2D eigenvalue weighted by molar-refractivity contribution is -0.128. The van der Waals surface area contributed by atoms with Crippen molar-refractivity contribution >= 4 is 15.9 Å². The van der Waals surface area contributed by atoms with Crippen molar-refractivity contribution in [2.45, 2.75) is 51.0 Å². The summed E-state index contributed by atoms with van der Waals surface area (Å²) in [7, 11) is -3.50. The van der Waals surface area contributed by atoms with E-state index in [1.807, 2.05) is 27.7 Å². The third-order valence-corrected chi connectivity index (χ3v) is 7.50. The highest BCUT2D eigenvalue weighted by Crippen LogP contribution is 2.25. The van der Waals surface area contributed by atoms with Crippen molar-refractivity contribution in [3.05, 3.63) is 29.8 Å². The minimum Gasteiger partial charge on any atom is -0.349 e. The van der Waals surface area contributed by atoms with Gasteiger partial charge in [0.25, 0.3) is 0 Å². The summed E-state index contributed by atoms with van der Waals surface area (Å²) >= 11 is 0. The molecule has 0 aliphatic carbocycles. The SMILES string of the molecule is Cc1ccc(S(=O)(=O)N2CCC(C(=O)NC(C)(CN)C(C)C)CC2)cc1. The van der Waals surface area contributed by atoms with Crippen LogP contribution >= 0.6 is 0 Å². The van der Waals surface area contributed by atoms with E-state index in [1.54, 1.807) is 24.3 Å². The van der Waals surface area contributed by atoms with Crippen LogP contribution in [0.4, 0.5) is 0 Å². The highest BCUT2D eigenvalue weighted by atomic mass is 32.2. The molecule has 2 rings (SSSR count). The number of piperidine rings is 1. The first-order chi connectivity index (χ1) is 12.1. The number of nitrogens with two attached hydrogens (primary N) is 1. The molecule has 1 aromatic carbocycles. The van der Waals surface area contributed by atoms with E-state index in [9.17, 15) is 13.2 Å². The van der Waals surface area contributed by atoms with Gasteiger partial charge in [0.15, 0.2) is 0 Å². The molecule has 1 aliphatic rings. The molecule has 0 bridgehead atoms. The largest absolute Gasteiger partial charge is 0.349 e. The lowest BCUT2D eigenvalue weighted by Crippen LogP contribution is -2.57. The van der Waals surface area contributed by atoms with Gasteiger partial charge in [-0.2, -0.15) is 4.31 Å². The predicted octanol–water partition coefficient (Wildman–Crippen LogP) is 1.89. The quantitative estimate of drug-likeness (QED) is 0.787. The molecule has 146 valence electrons. The van der Waals surface area contributed by atoms with Crippen molar-refractivity contribution in [2.24, 2.45) is 17.6 Å². The maximum atomic E-state index is 12.7. The number of nitrogens with zero attached hydrogens (tertiary/aromatic N) is 1. The molecule has 1 atom stereocenters. The summed E-state index contributed by atoms with van der Waals surface area (Å²) in [5.74, 6) is 0.0154. The third-order valence-electron chi connectivity index (χ3n) is 5.59. The smallest absolute Gasteiger partial charge is 0.243 e. The highest BCUT2D eigenvalue weighted by Gasteiger charge is 2.35. The summed E-state index contributed by atoms with van der Waals surface area (Å²) in [6.07, 6.45) is 1.05. The van der Waals surface area contributed by atoms with Crippen LogP contribution in [0.3, 0.4) is 0 Å². The van der Waals surface area contributed by atoms with Crippen molar-refractivity contribution in [1.82, 2.24) is 9.62 Å². The molecular weight excluding hydrogens is 350 g/mol. The summed E-state index contributed by atoms with van der Waals surface area (Å²) in [5, 5.41) is 3.07. The van der Waals surface area contributed by atoms with Crippen molar-refractivity contribution in [1.29, 1.82) is 0 Å². The number of sulfonamides is 1. The fourth-order valence-corrected chi connectivity index (χ4v) is 4.50. The van der Waals surface area contributed by atoms with E-state index in [-0.39, 0.29) is 17.7 Å². The van der Waals surface area contributed by atoms with Crippen molar-refractivity contribution in [2.75, 3.05) is 19.6 Å². The van der Waals surface area contributed by atoms with Gasteiger partial charge in [-0.3, -0.25) is 4.79 Å². The second kappa shape index (κ2) is 8.06. The number of hydrogen-bond acceptors (Lipinski definition) is 4. The zero-order chi connectivity index (χ0) is 19.5. The van der Waals surface area contributed by atoms with Gasteiger partial charge in [0.2, 0.25) is 15.9 Å². The van der Waals surface area contributed by atoms with Gasteiger partial charge in [0.05, 0.1) is 10.4 Å². The summed E-state index contributed by atoms with van der Waals surface area (Å²) in [5.41, 5.74) is 6.42. The Bertz CT molecular complexity index is 723. The molecule has 1 aliphatic heterocycles. The molecule has 3 N–H and O–H groups in total. The van der Waals surface area contributed by atoms with Crippen LogP contribution in [-0.2, 0) is 14.8 Å². The number of benzene rings is 1. The van der Waals surface area contributed by atoms with E-state index < -0.39 is 15.6 Å². The minimum absolute atomic E-state index is 0.0287. The van der Waals surface area contributed by atoms with Gasteiger partial charge >= 0.3 is 0 Å². The molecule has 0 aromatic heterocycles. The second-order valence-electron chi connectivity index (χ2n) is 7.76. The first kappa shape index (κ1) is 20.9. The number of nitrogens with one attached hydrogen (secondary N) is 1. The van der Waals surface area contributed by atoms with Gasteiger partial charge in [-0.15, -0.1) is 0 Å². The normalized spacial score (nSPS) is 19.3. The van der Waals surface area contributed by atoms with E-state index in [0.29, 0.717) is 37.4 Å². The molecule has 1 saturated heterocycles. The molecule has 0 spiro atoms. The highest BCUT2D eigenvalue weighted by molar-refractivity contribution is 7.89. The zero-order valence-corrected chi connectivity index (χ0v) is 17.0. The number of amides is 1. The molecule has 1 heterocycles. The number of carbonyl (C=O) groups excluding carboxylic acids is 1. The Balaban J connectivity index is 2.00. The minimum atomic E-state index is -3.50. The summed E-state index contributed by atoms with van der Waals surface area (Å²) < 4.78 is 27.0. The molecule has 7 heteroatoms. The van der Waals surface area contributed by atoms with Crippen molar-refractivity contribution < 1.29 is 13.2 Å². The standard InChI is InChI=1S/C19H31N3O3S/c1-14(2)19(4,13-20)21-18(23)16-9-11-22(12-10-16)26(24,25)17-7-5-15(3)6-8-17/h5-8,14,16H,9-13,20H2,1-4H3,(H,21,23). The average molecular weight is 382 g/mol. The fraction of sp³-hybridized carbons (Fsp3) is 0.632. The van der Waals surface area contributed by atoms with Crippen molar-refractivity contribution in [3.8, 4) is 0 Å². The lowest BCUT2D eigenvalue weighted by Gasteiger charge is -2.37. The zero-order valence-electron chi connectivity index (χ0n) is 16.2. The van der Waals surface area contributed by atoms with Crippen LogP contribution in [0.2, 0.25) is 0 Å². The van der Waals surface area contributed by atoms with Crippen molar-refractivity contribution in [3.63, 3.8) is 0 Å². The number of rotatable bonds is 6. The summed E-state index contributed by atoms with van der Waals surface area (Å²) in [6.45, 7) is 9.02. The van der Waals surface area contributed by atoms with Crippen LogP contribution in [0.5, 0.6) is 0 Å². The average Bonchev–Trinajstić information content (AvgIpc) is 2.61. The Labute approximate surface area is 157 Å². The van der Waals surface area contributed by atoms with Gasteiger partial charge < -0.3 is 11.1 Å². The number of hydrogen-bond donors (Lipinski definition) is 2. The maximum Gasteiger partial charge on any atom is 0.243 e. The molecule has 1 unspecified atom stereocenters. The van der Waals surface area contributed by atoms with Crippen LogP contribution in [0.15, 0.2) is 29.2 Å². The van der Waals surface area contributed by atoms with Crippen LogP contribution in [0.1, 0.15) is 39.2 Å². The molecule has 1 fully saturated rings. The van der Waals surface area contributed by atoms with Crippen LogP contribution < -0.4 is 11.1 Å². The molecule has 0 radical (unpaired) electrons. The Hall–Kier alpha value is -1.44. The monoisotopic (exact) mass is 381 g/mol. The third kappa shape index (κ3) is 4.45. The molecular formula is C19H31N3O3S. The van der Waals surface area contributed by atoms with Crippen LogP contribution in [-0.4, -0.2) is 43.8 Å². The molecule has 1 amide bonds. The first-order valence-electron chi connectivity index (χ1n) is 9.19. The predicted molar refractivity (Wildman–Crippen MR) is 103 cm³/mol. The van der Waals surface area contributed by atoms with Gasteiger partial charge in [0.1, 0.15) is 0 Å². The first-order valence-corrected chi connectivity index (χ1v) is 10.6. The topological polar surface area (TPSA) is 92.5 Å². The van der Waals surface area contributed by atoms with Crippen LogP contribution in [0, 0.1) is 18.8 Å². The Morgan fingerprint density at radius 2 is 1.81 bits per heavy atom. The van der Waals surface area contributed by atoms with E-state index in [4.69, 9.17) is 5.73 Å². The van der Waals surface area contributed by atoms with Gasteiger partial charge in [0, 0.05) is 25.6 Å². The van der Waals surface area contributed by atoms with E-state index in [1.165, 1.54) is 4.31 Å². The van der Waals surface area contributed by atoms with Crippen LogP contribution in [0.25, 0.3) is 0 Å². The molecule has 26 heavy (non-hydrogen) atoms. The number of aryl methyl sites for hydroxylation is 1. The maximum absolute atomic E-state index is 12.7. The van der Waals surface area contributed by atoms with Gasteiger partial charge in [-0.05, 0) is 44.7 Å². The summed E-state index contributed by atoms with van der Waals surface area (Å²) in [4.78, 5) is 12.9. The Morgan fingerprint density at radius 1 is 1.27 bits per heavy atom. The van der Waals surface area contributed by atoms with E-state index in [0.717, 1.165) is 5.56 Å². The van der Waals surface area contributed by atoms with E-state index in [2.05, 4.69) is 5.32 Å². The van der Waals surface area contributed by atoms with Gasteiger partial charge in [-0.25, -0.2) is 8.42 Å². The molecule has 1 aromatic rings. The second-order valence-corrected chi connectivity index (χ2v) is 9.69. The van der Waals surface area contributed by atoms with Gasteiger partial charge in [-0.1, -0.05) is 31.5 Å². The lowest BCUT2D eigenvalue weighted by atomic mass is 9.87. The Morgan fingerprint density at radius 3 is 2.27 bits per heavy atom.